The molecule has 1 aromatic carbocycles. The molecule has 0 fully saturated rings. The van der Waals surface area contributed by atoms with Gasteiger partial charge in [0, 0.05) is 18.4 Å². The van der Waals surface area contributed by atoms with Gasteiger partial charge in [-0.3, -0.25) is 10.1 Å². The number of furan rings is 1. The predicted molar refractivity (Wildman–Crippen MR) is 91.1 cm³/mol. The van der Waals surface area contributed by atoms with Crippen LogP contribution in [0.25, 0.3) is 11.0 Å². The number of likely N-dealkylation sites (N-methyl/N-ethyl adjacent to an activating group) is 1. The maximum Gasteiger partial charge on any atom is 0.261 e. The van der Waals surface area contributed by atoms with E-state index in [0.717, 1.165) is 29.1 Å². The zero-order valence-corrected chi connectivity index (χ0v) is 14.1. The Morgan fingerprint density at radius 2 is 2.17 bits per heavy atom. The minimum Gasteiger partial charge on any atom is -0.461 e. The Balaban J connectivity index is 1.76. The Hall–Kier alpha value is -2.25. The normalized spacial score (nSPS) is 11.3. The van der Waals surface area contributed by atoms with Crippen LogP contribution < -0.4 is 5.32 Å². The van der Waals surface area contributed by atoms with Gasteiger partial charge in [-0.05, 0) is 33.2 Å². The Morgan fingerprint density at radius 1 is 1.35 bits per heavy atom. The van der Waals surface area contributed by atoms with E-state index in [0.29, 0.717) is 16.3 Å². The number of aromatic nitrogens is 2. The zero-order valence-electron chi connectivity index (χ0n) is 13.3. The third-order valence-electron chi connectivity index (χ3n) is 3.37. The zero-order chi connectivity index (χ0) is 16.4. The average molecular weight is 330 g/mol. The number of carbonyl (C=O) groups excluding carboxylic acids is 1. The third-order valence-corrected chi connectivity index (χ3v) is 4.27. The molecule has 3 rings (SSSR count). The van der Waals surface area contributed by atoms with E-state index in [1.165, 1.54) is 11.3 Å². The number of para-hydroxylation sites is 1. The summed E-state index contributed by atoms with van der Waals surface area (Å²) in [4.78, 5) is 14.6. The van der Waals surface area contributed by atoms with Crippen LogP contribution in [0, 0.1) is 6.92 Å². The topological polar surface area (TPSA) is 71.3 Å². The van der Waals surface area contributed by atoms with Gasteiger partial charge in [-0.2, -0.15) is 0 Å². The van der Waals surface area contributed by atoms with Crippen molar-refractivity contribution in [3.05, 3.63) is 40.6 Å². The Bertz CT molecular complexity index is 838. The molecule has 23 heavy (non-hydrogen) atoms. The molecule has 120 valence electrons. The average Bonchev–Trinajstić information content (AvgIpc) is 3.09. The first kappa shape index (κ1) is 15.6. The van der Waals surface area contributed by atoms with Crippen molar-refractivity contribution in [2.75, 3.05) is 26.0 Å². The van der Waals surface area contributed by atoms with Gasteiger partial charge < -0.3 is 9.32 Å². The fraction of sp³-hybridized carbons (Fsp3) is 0.312. The summed E-state index contributed by atoms with van der Waals surface area (Å²) in [6.07, 6.45) is 0.813. The van der Waals surface area contributed by atoms with Crippen LogP contribution in [0.2, 0.25) is 0 Å². The second-order valence-corrected chi connectivity index (χ2v) is 6.65. The number of hydrogen-bond acceptors (Lipinski definition) is 6. The minimum absolute atomic E-state index is 0.236. The quantitative estimate of drug-likeness (QED) is 0.779. The number of anilines is 1. The van der Waals surface area contributed by atoms with E-state index in [2.05, 4.69) is 20.4 Å². The van der Waals surface area contributed by atoms with Crippen molar-refractivity contribution in [3.8, 4) is 0 Å². The van der Waals surface area contributed by atoms with Crippen LogP contribution in [0.5, 0.6) is 0 Å². The van der Waals surface area contributed by atoms with Gasteiger partial charge in [-0.25, -0.2) is 0 Å². The van der Waals surface area contributed by atoms with Gasteiger partial charge >= 0.3 is 0 Å². The van der Waals surface area contributed by atoms with Crippen LogP contribution in [0.15, 0.2) is 28.7 Å². The number of benzene rings is 1. The molecule has 0 saturated carbocycles. The van der Waals surface area contributed by atoms with Crippen molar-refractivity contribution in [3.63, 3.8) is 0 Å². The number of fused-ring (bicyclic) bond motifs is 1. The van der Waals surface area contributed by atoms with Crippen molar-refractivity contribution in [1.29, 1.82) is 0 Å². The molecule has 7 heteroatoms. The Morgan fingerprint density at radius 3 is 2.96 bits per heavy atom. The van der Waals surface area contributed by atoms with Crippen molar-refractivity contribution in [2.45, 2.75) is 13.3 Å². The lowest BCUT2D eigenvalue weighted by atomic mass is 10.1. The van der Waals surface area contributed by atoms with Crippen LogP contribution in [0.3, 0.4) is 0 Å². The predicted octanol–water partition coefficient (Wildman–Crippen LogP) is 2.95. The molecular formula is C16H18N4O2S. The third kappa shape index (κ3) is 3.57. The molecular weight excluding hydrogens is 312 g/mol. The van der Waals surface area contributed by atoms with E-state index in [9.17, 15) is 4.79 Å². The van der Waals surface area contributed by atoms with Crippen LogP contribution in [-0.4, -0.2) is 41.6 Å². The lowest BCUT2D eigenvalue weighted by Gasteiger charge is -2.05. The first-order chi connectivity index (χ1) is 11.0. The van der Waals surface area contributed by atoms with Gasteiger partial charge in [0.05, 0.1) is 5.56 Å². The van der Waals surface area contributed by atoms with E-state index >= 15 is 0 Å². The highest BCUT2D eigenvalue weighted by molar-refractivity contribution is 7.15. The van der Waals surface area contributed by atoms with Gasteiger partial charge in [-0.15, -0.1) is 10.2 Å². The summed E-state index contributed by atoms with van der Waals surface area (Å²) >= 11 is 1.40. The molecule has 2 heterocycles. The van der Waals surface area contributed by atoms with Gasteiger partial charge in [0.2, 0.25) is 5.13 Å². The molecule has 0 radical (unpaired) electrons. The fourth-order valence-electron chi connectivity index (χ4n) is 2.26. The first-order valence-electron chi connectivity index (χ1n) is 7.30. The lowest BCUT2D eigenvalue weighted by molar-refractivity contribution is 0.102. The number of nitrogens with zero attached hydrogens (tertiary/aromatic N) is 3. The number of aryl methyl sites for hydroxylation is 1. The largest absolute Gasteiger partial charge is 0.461 e. The molecule has 0 aliphatic carbocycles. The molecule has 0 bridgehead atoms. The maximum atomic E-state index is 12.5. The molecule has 0 atom stereocenters. The monoisotopic (exact) mass is 330 g/mol. The van der Waals surface area contributed by atoms with Gasteiger partial charge in [0.1, 0.15) is 16.4 Å². The highest BCUT2D eigenvalue weighted by Gasteiger charge is 2.15. The summed E-state index contributed by atoms with van der Waals surface area (Å²) in [6, 6.07) is 7.42. The molecule has 0 aliphatic rings. The van der Waals surface area contributed by atoms with Gasteiger partial charge in [0.15, 0.2) is 0 Å². The highest BCUT2D eigenvalue weighted by Crippen LogP contribution is 2.24. The first-order valence-corrected chi connectivity index (χ1v) is 8.12. The SMILES string of the molecule is Cc1cc2cccc(C(=O)Nc3nnc(CCN(C)C)s3)c2o1. The van der Waals surface area contributed by atoms with E-state index in [-0.39, 0.29) is 5.91 Å². The van der Waals surface area contributed by atoms with E-state index < -0.39 is 0 Å². The van der Waals surface area contributed by atoms with E-state index in [4.69, 9.17) is 4.42 Å². The second kappa shape index (κ2) is 6.47. The fourth-order valence-corrected chi connectivity index (χ4v) is 2.98. The van der Waals surface area contributed by atoms with Crippen molar-refractivity contribution in [1.82, 2.24) is 15.1 Å². The van der Waals surface area contributed by atoms with Gasteiger partial charge in [0.25, 0.3) is 5.91 Å². The maximum absolute atomic E-state index is 12.5. The molecule has 2 aromatic heterocycles. The molecule has 0 unspecified atom stereocenters. The van der Waals surface area contributed by atoms with Crippen LogP contribution in [0.1, 0.15) is 21.1 Å². The molecule has 3 aromatic rings. The van der Waals surface area contributed by atoms with Crippen molar-refractivity contribution < 1.29 is 9.21 Å². The number of amides is 1. The number of rotatable bonds is 5. The molecule has 0 aliphatic heterocycles. The van der Waals surface area contributed by atoms with Crippen LogP contribution >= 0.6 is 11.3 Å². The van der Waals surface area contributed by atoms with Gasteiger partial charge in [-0.1, -0.05) is 23.5 Å². The summed E-state index contributed by atoms with van der Waals surface area (Å²) in [5.41, 5.74) is 1.10. The Kier molecular flexibility index (Phi) is 4.40. The summed E-state index contributed by atoms with van der Waals surface area (Å²) in [6.45, 7) is 2.76. The van der Waals surface area contributed by atoms with E-state index in [1.54, 1.807) is 6.07 Å². The molecule has 0 saturated heterocycles. The van der Waals surface area contributed by atoms with Crippen molar-refractivity contribution >= 4 is 33.3 Å². The molecule has 1 amide bonds. The molecule has 0 spiro atoms. The minimum atomic E-state index is -0.236. The van der Waals surface area contributed by atoms with E-state index in [1.807, 2.05) is 39.2 Å². The number of hydrogen-bond donors (Lipinski definition) is 1. The molecule has 1 N–H and O–H groups in total. The van der Waals surface area contributed by atoms with Crippen molar-refractivity contribution in [2.24, 2.45) is 0 Å². The number of carbonyl (C=O) groups is 1. The van der Waals surface area contributed by atoms with Crippen LogP contribution in [-0.2, 0) is 6.42 Å². The Labute approximate surface area is 138 Å². The standard InChI is InChI=1S/C16H18N4O2S/c1-10-9-11-5-4-6-12(14(11)22-10)15(21)17-16-19-18-13(23-16)7-8-20(2)3/h4-6,9H,7-8H2,1-3H3,(H,17,19,21). The van der Waals surface area contributed by atoms with Crippen LogP contribution in [0.4, 0.5) is 5.13 Å². The summed E-state index contributed by atoms with van der Waals surface area (Å²) in [7, 11) is 4.02. The smallest absolute Gasteiger partial charge is 0.261 e. The lowest BCUT2D eigenvalue weighted by Crippen LogP contribution is -2.14. The summed E-state index contributed by atoms with van der Waals surface area (Å²) < 4.78 is 5.63. The number of nitrogens with one attached hydrogen (secondary N) is 1. The summed E-state index contributed by atoms with van der Waals surface area (Å²) in [5.74, 6) is 0.544. The molecule has 6 nitrogen and oxygen atoms in total. The summed E-state index contributed by atoms with van der Waals surface area (Å²) in [5, 5.41) is 13.3. The second-order valence-electron chi connectivity index (χ2n) is 5.59. The highest BCUT2D eigenvalue weighted by atomic mass is 32.1.